The van der Waals surface area contributed by atoms with E-state index in [-0.39, 0.29) is 5.82 Å². The summed E-state index contributed by atoms with van der Waals surface area (Å²) in [5.74, 6) is 0.668. The number of rotatable bonds is 4. The molecule has 1 aliphatic rings. The van der Waals surface area contributed by atoms with Gasteiger partial charge in [-0.25, -0.2) is 4.39 Å². The van der Waals surface area contributed by atoms with Crippen LogP contribution in [0.4, 0.5) is 4.39 Å². The fraction of sp³-hybridized carbons (Fsp3) is 0.571. The molecule has 0 saturated heterocycles. The molecule has 88 valence electrons. The second-order valence-electron chi connectivity index (χ2n) is 4.84. The fourth-order valence-corrected chi connectivity index (χ4v) is 2.55. The van der Waals surface area contributed by atoms with Crippen molar-refractivity contribution in [1.29, 1.82) is 0 Å². The number of benzene rings is 1. The van der Waals surface area contributed by atoms with E-state index in [9.17, 15) is 4.39 Å². The van der Waals surface area contributed by atoms with Crippen LogP contribution in [0.15, 0.2) is 24.3 Å². The van der Waals surface area contributed by atoms with Gasteiger partial charge in [-0.1, -0.05) is 25.0 Å². The van der Waals surface area contributed by atoms with Crippen LogP contribution in [0.3, 0.4) is 0 Å². The third-order valence-electron chi connectivity index (χ3n) is 3.62. The summed E-state index contributed by atoms with van der Waals surface area (Å²) in [5, 5.41) is 3.50. The minimum Gasteiger partial charge on any atom is -0.310 e. The van der Waals surface area contributed by atoms with Gasteiger partial charge in [-0.2, -0.15) is 0 Å². The van der Waals surface area contributed by atoms with Crippen LogP contribution in [-0.4, -0.2) is 6.04 Å². The van der Waals surface area contributed by atoms with Crippen LogP contribution >= 0.6 is 0 Å². The molecule has 1 aromatic rings. The van der Waals surface area contributed by atoms with Crippen molar-refractivity contribution in [2.75, 3.05) is 0 Å². The van der Waals surface area contributed by atoms with E-state index in [1.807, 2.05) is 6.07 Å². The highest BCUT2D eigenvalue weighted by molar-refractivity contribution is 5.16. The van der Waals surface area contributed by atoms with E-state index in [4.69, 9.17) is 0 Å². The molecule has 1 saturated carbocycles. The van der Waals surface area contributed by atoms with Gasteiger partial charge < -0.3 is 5.32 Å². The smallest absolute Gasteiger partial charge is 0.123 e. The number of nitrogens with one attached hydrogen (secondary N) is 1. The summed E-state index contributed by atoms with van der Waals surface area (Å²) in [7, 11) is 0. The summed E-state index contributed by atoms with van der Waals surface area (Å²) < 4.78 is 13.0. The van der Waals surface area contributed by atoms with Gasteiger partial charge >= 0.3 is 0 Å². The normalized spacial score (nSPS) is 18.9. The molecule has 0 spiro atoms. The Labute approximate surface area is 97.1 Å². The lowest BCUT2D eigenvalue weighted by atomic mass is 9.99. The second kappa shape index (κ2) is 5.44. The molecule has 0 amide bonds. The fourth-order valence-electron chi connectivity index (χ4n) is 2.55. The van der Waals surface area contributed by atoms with Crippen LogP contribution in [-0.2, 0) is 6.54 Å². The topological polar surface area (TPSA) is 12.0 Å². The highest BCUT2D eigenvalue weighted by atomic mass is 19.1. The molecule has 1 N–H and O–H groups in total. The Morgan fingerprint density at radius 3 is 2.81 bits per heavy atom. The maximum Gasteiger partial charge on any atom is 0.123 e. The zero-order valence-electron chi connectivity index (χ0n) is 9.88. The Bertz CT molecular complexity index is 331. The average molecular weight is 221 g/mol. The van der Waals surface area contributed by atoms with E-state index in [2.05, 4.69) is 12.2 Å². The van der Waals surface area contributed by atoms with Crippen LogP contribution in [0.5, 0.6) is 0 Å². The Hall–Kier alpha value is -0.890. The predicted octanol–water partition coefficient (Wildman–Crippen LogP) is 3.49. The minimum absolute atomic E-state index is 0.146. The first-order valence-corrected chi connectivity index (χ1v) is 6.23. The number of hydrogen-bond donors (Lipinski definition) is 1. The molecule has 1 atom stereocenters. The molecular weight excluding hydrogens is 201 g/mol. The molecule has 1 aromatic carbocycles. The van der Waals surface area contributed by atoms with Gasteiger partial charge in [-0.3, -0.25) is 0 Å². The summed E-state index contributed by atoms with van der Waals surface area (Å²) in [5.41, 5.74) is 1.03. The largest absolute Gasteiger partial charge is 0.310 e. The highest BCUT2D eigenvalue weighted by Gasteiger charge is 2.20. The third kappa shape index (κ3) is 3.05. The Morgan fingerprint density at radius 2 is 2.12 bits per heavy atom. The van der Waals surface area contributed by atoms with Crippen LogP contribution in [0, 0.1) is 11.7 Å². The molecule has 1 nitrogen and oxygen atoms in total. The molecule has 2 rings (SSSR count). The summed E-state index contributed by atoms with van der Waals surface area (Å²) in [6, 6.07) is 7.38. The van der Waals surface area contributed by atoms with Crippen molar-refractivity contribution >= 4 is 0 Å². The first kappa shape index (κ1) is 11.6. The standard InChI is InChI=1S/C14H20FN/c1-11(13-6-2-3-7-13)16-10-12-5-4-8-14(15)9-12/h4-5,8-9,11,13,16H,2-3,6-7,10H2,1H3/t11-/m0/s1. The lowest BCUT2D eigenvalue weighted by Crippen LogP contribution is -2.31. The van der Waals surface area contributed by atoms with Crippen LogP contribution in [0.1, 0.15) is 38.2 Å². The first-order valence-electron chi connectivity index (χ1n) is 6.23. The SMILES string of the molecule is C[C@H](NCc1cccc(F)c1)C1CCCC1. The highest BCUT2D eigenvalue weighted by Crippen LogP contribution is 2.27. The number of halogens is 1. The molecular formula is C14H20FN. The predicted molar refractivity (Wildman–Crippen MR) is 64.7 cm³/mol. The molecule has 0 heterocycles. The summed E-state index contributed by atoms with van der Waals surface area (Å²) in [4.78, 5) is 0. The quantitative estimate of drug-likeness (QED) is 0.820. The molecule has 2 heteroatoms. The van der Waals surface area contributed by atoms with Gasteiger partial charge in [0.1, 0.15) is 5.82 Å². The summed E-state index contributed by atoms with van der Waals surface area (Å²) >= 11 is 0. The van der Waals surface area contributed by atoms with E-state index >= 15 is 0 Å². The van der Waals surface area contributed by atoms with Gasteiger partial charge in [0.2, 0.25) is 0 Å². The van der Waals surface area contributed by atoms with Crippen LogP contribution < -0.4 is 5.32 Å². The lowest BCUT2D eigenvalue weighted by molar-refractivity contribution is 0.380. The molecule has 16 heavy (non-hydrogen) atoms. The molecule has 0 radical (unpaired) electrons. The van der Waals surface area contributed by atoms with E-state index in [0.29, 0.717) is 6.04 Å². The van der Waals surface area contributed by atoms with E-state index < -0.39 is 0 Å². The average Bonchev–Trinajstić information content (AvgIpc) is 2.79. The maximum atomic E-state index is 13.0. The lowest BCUT2D eigenvalue weighted by Gasteiger charge is -2.20. The zero-order valence-corrected chi connectivity index (χ0v) is 9.88. The van der Waals surface area contributed by atoms with Gasteiger partial charge in [0.25, 0.3) is 0 Å². The van der Waals surface area contributed by atoms with Crippen LogP contribution in [0.2, 0.25) is 0 Å². The Kier molecular flexibility index (Phi) is 3.94. The van der Waals surface area contributed by atoms with Gasteiger partial charge in [-0.05, 0) is 43.4 Å². The number of hydrogen-bond acceptors (Lipinski definition) is 1. The van der Waals surface area contributed by atoms with E-state index in [1.165, 1.54) is 31.7 Å². The van der Waals surface area contributed by atoms with Crippen molar-refractivity contribution in [2.45, 2.75) is 45.2 Å². The van der Waals surface area contributed by atoms with Gasteiger partial charge in [-0.15, -0.1) is 0 Å². The Morgan fingerprint density at radius 1 is 1.38 bits per heavy atom. The molecule has 1 aliphatic carbocycles. The molecule has 1 fully saturated rings. The van der Waals surface area contributed by atoms with Crippen molar-refractivity contribution < 1.29 is 4.39 Å². The Balaban J connectivity index is 1.82. The van der Waals surface area contributed by atoms with Gasteiger partial charge in [0, 0.05) is 12.6 Å². The van der Waals surface area contributed by atoms with Crippen molar-refractivity contribution in [2.24, 2.45) is 5.92 Å². The van der Waals surface area contributed by atoms with Crippen molar-refractivity contribution in [3.63, 3.8) is 0 Å². The van der Waals surface area contributed by atoms with Crippen molar-refractivity contribution in [3.05, 3.63) is 35.6 Å². The first-order chi connectivity index (χ1) is 7.75. The molecule has 0 aliphatic heterocycles. The van der Waals surface area contributed by atoms with Crippen molar-refractivity contribution in [1.82, 2.24) is 5.32 Å². The van der Waals surface area contributed by atoms with Crippen LogP contribution in [0.25, 0.3) is 0 Å². The minimum atomic E-state index is -0.146. The van der Waals surface area contributed by atoms with Gasteiger partial charge in [0.15, 0.2) is 0 Å². The summed E-state index contributed by atoms with van der Waals surface area (Å²) in [6.45, 7) is 3.02. The summed E-state index contributed by atoms with van der Waals surface area (Å²) in [6.07, 6.45) is 5.43. The van der Waals surface area contributed by atoms with Gasteiger partial charge in [0.05, 0.1) is 0 Å². The van der Waals surface area contributed by atoms with E-state index in [1.54, 1.807) is 12.1 Å². The molecule has 0 bridgehead atoms. The monoisotopic (exact) mass is 221 g/mol. The van der Waals surface area contributed by atoms with E-state index in [0.717, 1.165) is 18.0 Å². The third-order valence-corrected chi connectivity index (χ3v) is 3.62. The molecule has 0 unspecified atom stereocenters. The second-order valence-corrected chi connectivity index (χ2v) is 4.84. The van der Waals surface area contributed by atoms with Crippen molar-refractivity contribution in [3.8, 4) is 0 Å². The molecule has 0 aromatic heterocycles. The zero-order chi connectivity index (χ0) is 11.4. The maximum absolute atomic E-state index is 13.0.